The molecule has 22 heavy (non-hydrogen) atoms. The molecule has 0 saturated heterocycles. The number of aliphatic hydroxyl groups excluding tert-OH is 1. The van der Waals surface area contributed by atoms with Crippen LogP contribution in [0.15, 0.2) is 48.5 Å². The number of sulfonamides is 1. The highest BCUT2D eigenvalue weighted by Gasteiger charge is 2.16. The van der Waals surface area contributed by atoms with Gasteiger partial charge < -0.3 is 5.11 Å². The van der Waals surface area contributed by atoms with E-state index in [1.54, 1.807) is 12.1 Å². The highest BCUT2D eigenvalue weighted by molar-refractivity contribution is 7.88. The maximum absolute atomic E-state index is 12.2. The van der Waals surface area contributed by atoms with Crippen molar-refractivity contribution in [1.29, 1.82) is 0 Å². The van der Waals surface area contributed by atoms with Crippen molar-refractivity contribution in [2.75, 3.05) is 6.54 Å². The van der Waals surface area contributed by atoms with Gasteiger partial charge in [0.2, 0.25) is 10.0 Å². The van der Waals surface area contributed by atoms with E-state index in [-0.39, 0.29) is 12.3 Å². The Labute approximate surface area is 131 Å². The van der Waals surface area contributed by atoms with Crippen molar-refractivity contribution in [3.8, 4) is 0 Å². The van der Waals surface area contributed by atoms with Gasteiger partial charge in [0, 0.05) is 6.54 Å². The minimum atomic E-state index is -3.48. The highest BCUT2D eigenvalue weighted by atomic mass is 32.2. The third-order valence-corrected chi connectivity index (χ3v) is 4.95. The van der Waals surface area contributed by atoms with E-state index in [0.29, 0.717) is 0 Å². The number of hydrogen-bond acceptors (Lipinski definition) is 3. The lowest BCUT2D eigenvalue weighted by Gasteiger charge is -2.15. The SMILES string of the molecule is Cc1ccccc1CS(=O)(=O)NCC(O)c1ccccc1C. The summed E-state index contributed by atoms with van der Waals surface area (Å²) < 4.78 is 26.8. The molecule has 0 aromatic heterocycles. The van der Waals surface area contributed by atoms with E-state index in [1.165, 1.54) is 0 Å². The topological polar surface area (TPSA) is 66.4 Å². The zero-order chi connectivity index (χ0) is 16.2. The Morgan fingerprint density at radius 1 is 1.00 bits per heavy atom. The van der Waals surface area contributed by atoms with Crippen LogP contribution in [0.5, 0.6) is 0 Å². The monoisotopic (exact) mass is 319 g/mol. The Morgan fingerprint density at radius 2 is 1.59 bits per heavy atom. The summed E-state index contributed by atoms with van der Waals surface area (Å²) in [5.41, 5.74) is 3.38. The van der Waals surface area contributed by atoms with Gasteiger partial charge in [-0.05, 0) is 36.1 Å². The standard InChI is InChI=1S/C17H21NO3S/c1-13-7-3-5-9-15(13)12-22(20,21)18-11-17(19)16-10-6-4-8-14(16)2/h3-10,17-19H,11-12H2,1-2H3. The first-order chi connectivity index (χ1) is 10.4. The Kier molecular flexibility index (Phi) is 5.34. The third kappa shape index (κ3) is 4.40. The summed E-state index contributed by atoms with van der Waals surface area (Å²) in [4.78, 5) is 0. The van der Waals surface area contributed by atoms with Crippen LogP contribution < -0.4 is 4.72 Å². The van der Waals surface area contributed by atoms with Crippen molar-refractivity contribution in [3.05, 3.63) is 70.8 Å². The Bertz CT molecular complexity index is 741. The van der Waals surface area contributed by atoms with Crippen molar-refractivity contribution in [1.82, 2.24) is 4.72 Å². The molecular formula is C17H21NO3S. The molecule has 0 aliphatic rings. The summed E-state index contributed by atoms with van der Waals surface area (Å²) in [7, 11) is -3.48. The van der Waals surface area contributed by atoms with Crippen LogP contribution in [-0.4, -0.2) is 20.1 Å². The van der Waals surface area contributed by atoms with E-state index >= 15 is 0 Å². The summed E-state index contributed by atoms with van der Waals surface area (Å²) in [6, 6.07) is 14.8. The quantitative estimate of drug-likeness (QED) is 0.859. The molecule has 0 aliphatic heterocycles. The Balaban J connectivity index is 2.01. The molecule has 0 fully saturated rings. The number of aliphatic hydroxyl groups is 1. The average Bonchev–Trinajstić information content (AvgIpc) is 2.48. The van der Waals surface area contributed by atoms with Gasteiger partial charge in [-0.25, -0.2) is 13.1 Å². The fourth-order valence-corrected chi connectivity index (χ4v) is 3.55. The van der Waals surface area contributed by atoms with Crippen LogP contribution in [0.1, 0.15) is 28.4 Å². The van der Waals surface area contributed by atoms with Crippen LogP contribution in [-0.2, 0) is 15.8 Å². The molecule has 0 saturated carbocycles. The molecule has 0 heterocycles. The second-order valence-electron chi connectivity index (χ2n) is 5.41. The maximum atomic E-state index is 12.2. The van der Waals surface area contributed by atoms with E-state index in [0.717, 1.165) is 22.3 Å². The van der Waals surface area contributed by atoms with Crippen LogP contribution in [0.2, 0.25) is 0 Å². The van der Waals surface area contributed by atoms with E-state index in [1.807, 2.05) is 50.2 Å². The lowest BCUT2D eigenvalue weighted by molar-refractivity contribution is 0.181. The zero-order valence-electron chi connectivity index (χ0n) is 12.8. The van der Waals surface area contributed by atoms with Crippen LogP contribution in [0.4, 0.5) is 0 Å². The first kappa shape index (κ1) is 16.7. The van der Waals surface area contributed by atoms with E-state index in [2.05, 4.69) is 4.72 Å². The molecule has 1 unspecified atom stereocenters. The summed E-state index contributed by atoms with van der Waals surface area (Å²) in [5, 5.41) is 10.2. The molecule has 2 aromatic rings. The van der Waals surface area contributed by atoms with Crippen LogP contribution in [0.25, 0.3) is 0 Å². The van der Waals surface area contributed by atoms with Crippen molar-refractivity contribution in [2.45, 2.75) is 25.7 Å². The van der Waals surface area contributed by atoms with E-state index < -0.39 is 16.1 Å². The van der Waals surface area contributed by atoms with Crippen molar-refractivity contribution in [3.63, 3.8) is 0 Å². The van der Waals surface area contributed by atoms with E-state index in [4.69, 9.17) is 0 Å². The lowest BCUT2D eigenvalue weighted by atomic mass is 10.0. The predicted molar refractivity (Wildman–Crippen MR) is 87.9 cm³/mol. The number of hydrogen-bond donors (Lipinski definition) is 2. The molecule has 2 N–H and O–H groups in total. The van der Waals surface area contributed by atoms with Crippen molar-refractivity contribution < 1.29 is 13.5 Å². The fourth-order valence-electron chi connectivity index (χ4n) is 2.30. The van der Waals surface area contributed by atoms with E-state index in [9.17, 15) is 13.5 Å². The molecule has 1 atom stereocenters. The zero-order valence-corrected chi connectivity index (χ0v) is 13.6. The molecule has 4 nitrogen and oxygen atoms in total. The molecule has 5 heteroatoms. The molecule has 2 aromatic carbocycles. The van der Waals surface area contributed by atoms with Gasteiger partial charge in [0.25, 0.3) is 0 Å². The van der Waals surface area contributed by atoms with Gasteiger partial charge in [-0.2, -0.15) is 0 Å². The molecule has 2 rings (SSSR count). The molecular weight excluding hydrogens is 298 g/mol. The van der Waals surface area contributed by atoms with Gasteiger partial charge >= 0.3 is 0 Å². The van der Waals surface area contributed by atoms with Gasteiger partial charge in [-0.3, -0.25) is 0 Å². The average molecular weight is 319 g/mol. The van der Waals surface area contributed by atoms with Gasteiger partial charge in [0.15, 0.2) is 0 Å². The molecule has 0 radical (unpaired) electrons. The number of nitrogens with one attached hydrogen (secondary N) is 1. The smallest absolute Gasteiger partial charge is 0.215 e. The first-order valence-electron chi connectivity index (χ1n) is 7.14. The normalized spacial score (nSPS) is 13.0. The number of aryl methyl sites for hydroxylation is 2. The summed E-state index contributed by atoms with van der Waals surface area (Å²) >= 11 is 0. The number of rotatable bonds is 6. The number of benzene rings is 2. The maximum Gasteiger partial charge on any atom is 0.215 e. The molecule has 0 amide bonds. The van der Waals surface area contributed by atoms with Gasteiger partial charge in [-0.15, -0.1) is 0 Å². The Morgan fingerprint density at radius 3 is 2.23 bits per heavy atom. The van der Waals surface area contributed by atoms with Crippen LogP contribution in [0.3, 0.4) is 0 Å². The third-order valence-electron chi connectivity index (χ3n) is 3.65. The molecule has 0 bridgehead atoms. The minimum absolute atomic E-state index is 0.0287. The first-order valence-corrected chi connectivity index (χ1v) is 8.80. The van der Waals surface area contributed by atoms with Crippen molar-refractivity contribution >= 4 is 10.0 Å². The second-order valence-corrected chi connectivity index (χ2v) is 7.21. The summed E-state index contributed by atoms with van der Waals surface area (Å²) in [6.45, 7) is 3.74. The largest absolute Gasteiger partial charge is 0.387 e. The lowest BCUT2D eigenvalue weighted by Crippen LogP contribution is -2.30. The summed E-state index contributed by atoms with van der Waals surface area (Å²) in [5.74, 6) is -0.0832. The molecule has 0 aliphatic carbocycles. The minimum Gasteiger partial charge on any atom is -0.387 e. The van der Waals surface area contributed by atoms with Crippen LogP contribution in [0, 0.1) is 13.8 Å². The fraction of sp³-hybridized carbons (Fsp3) is 0.294. The predicted octanol–water partition coefficient (Wildman–Crippen LogP) is 2.46. The van der Waals surface area contributed by atoms with Gasteiger partial charge in [0.05, 0.1) is 11.9 Å². The van der Waals surface area contributed by atoms with Crippen molar-refractivity contribution in [2.24, 2.45) is 0 Å². The Hall–Kier alpha value is -1.69. The summed E-state index contributed by atoms with van der Waals surface area (Å²) in [6.07, 6.45) is -0.854. The molecule has 118 valence electrons. The van der Waals surface area contributed by atoms with Gasteiger partial charge in [0.1, 0.15) is 0 Å². The molecule has 0 spiro atoms. The highest BCUT2D eigenvalue weighted by Crippen LogP contribution is 2.17. The van der Waals surface area contributed by atoms with Crippen LogP contribution >= 0.6 is 0 Å². The second kappa shape index (κ2) is 7.05. The van der Waals surface area contributed by atoms with Gasteiger partial charge in [-0.1, -0.05) is 48.5 Å².